The van der Waals surface area contributed by atoms with Crippen molar-refractivity contribution in [3.05, 3.63) is 0 Å². The number of hydrogen-bond donors (Lipinski definition) is 0. The summed E-state index contributed by atoms with van der Waals surface area (Å²) in [7, 11) is -3.41. The van der Waals surface area contributed by atoms with Crippen molar-refractivity contribution in [3.63, 3.8) is 0 Å². The van der Waals surface area contributed by atoms with Crippen molar-refractivity contribution in [2.75, 3.05) is 32.7 Å². The Kier molecular flexibility index (Phi) is 4.71. The fraction of sp³-hybridized carbons (Fsp3) is 0.900. The van der Waals surface area contributed by atoms with E-state index in [2.05, 4.69) is 11.8 Å². The molecule has 1 aliphatic rings. The van der Waals surface area contributed by atoms with Gasteiger partial charge in [-0.15, -0.1) is 0 Å². The summed E-state index contributed by atoms with van der Waals surface area (Å²) in [6.07, 6.45) is 0.354. The molecule has 0 spiro atoms. The molecule has 0 amide bonds. The average molecular weight is 245 g/mol. The molecule has 1 atom stereocenters. The predicted molar refractivity (Wildman–Crippen MR) is 62.3 cm³/mol. The first kappa shape index (κ1) is 13.4. The van der Waals surface area contributed by atoms with Crippen LogP contribution in [0.15, 0.2) is 0 Å². The van der Waals surface area contributed by atoms with E-state index in [9.17, 15) is 8.42 Å². The van der Waals surface area contributed by atoms with Crippen LogP contribution in [0.5, 0.6) is 0 Å². The molecule has 0 aromatic heterocycles. The van der Waals surface area contributed by atoms with Crippen LogP contribution >= 0.6 is 0 Å². The standard InChI is InChI=1S/C10H19N3O2S/c1-3-10(9-11)16(14,15)13-7-5-12(4-2)6-8-13/h10H,3-8H2,1-2H3. The van der Waals surface area contributed by atoms with Crippen LogP contribution in [0.3, 0.4) is 0 Å². The van der Waals surface area contributed by atoms with E-state index in [-0.39, 0.29) is 0 Å². The van der Waals surface area contributed by atoms with Crippen molar-refractivity contribution in [1.29, 1.82) is 5.26 Å². The summed E-state index contributed by atoms with van der Waals surface area (Å²) in [6, 6.07) is 1.87. The van der Waals surface area contributed by atoms with E-state index in [0.717, 1.165) is 19.6 Å². The summed E-state index contributed by atoms with van der Waals surface area (Å²) in [5, 5.41) is 7.94. The molecule has 0 aliphatic carbocycles. The van der Waals surface area contributed by atoms with Crippen molar-refractivity contribution in [2.45, 2.75) is 25.5 Å². The molecular weight excluding hydrogens is 226 g/mol. The molecule has 0 N–H and O–H groups in total. The zero-order chi connectivity index (χ0) is 12.2. The molecule has 0 aromatic carbocycles. The second-order valence-electron chi connectivity index (χ2n) is 3.90. The zero-order valence-corrected chi connectivity index (χ0v) is 10.7. The Bertz CT molecular complexity index is 353. The molecule has 92 valence electrons. The Morgan fingerprint density at radius 1 is 1.25 bits per heavy atom. The number of likely N-dealkylation sites (N-methyl/N-ethyl adjacent to an activating group) is 1. The molecule has 0 saturated carbocycles. The van der Waals surface area contributed by atoms with Gasteiger partial charge in [-0.05, 0) is 13.0 Å². The first-order valence-electron chi connectivity index (χ1n) is 5.67. The quantitative estimate of drug-likeness (QED) is 0.712. The molecule has 0 radical (unpaired) electrons. The molecule has 6 heteroatoms. The molecule has 1 fully saturated rings. The molecule has 1 heterocycles. The minimum absolute atomic E-state index is 0.354. The van der Waals surface area contributed by atoms with Crippen LogP contribution in [0.1, 0.15) is 20.3 Å². The minimum atomic E-state index is -3.41. The maximum atomic E-state index is 12.0. The van der Waals surface area contributed by atoms with Crippen LogP contribution in [0.25, 0.3) is 0 Å². The van der Waals surface area contributed by atoms with Gasteiger partial charge in [0.15, 0.2) is 5.25 Å². The van der Waals surface area contributed by atoms with Crippen molar-refractivity contribution in [3.8, 4) is 6.07 Å². The van der Waals surface area contributed by atoms with Gasteiger partial charge >= 0.3 is 0 Å². The van der Waals surface area contributed by atoms with E-state index in [0.29, 0.717) is 19.5 Å². The fourth-order valence-electron chi connectivity index (χ4n) is 1.85. The van der Waals surface area contributed by atoms with Crippen molar-refractivity contribution >= 4 is 10.0 Å². The largest absolute Gasteiger partial charge is 0.301 e. The monoisotopic (exact) mass is 245 g/mol. The molecule has 1 aliphatic heterocycles. The van der Waals surface area contributed by atoms with E-state index in [1.807, 2.05) is 6.07 Å². The summed E-state index contributed by atoms with van der Waals surface area (Å²) in [5.74, 6) is 0. The third-order valence-electron chi connectivity index (χ3n) is 3.01. The maximum Gasteiger partial charge on any atom is 0.230 e. The third-order valence-corrected chi connectivity index (χ3v) is 5.26. The van der Waals surface area contributed by atoms with E-state index in [4.69, 9.17) is 5.26 Å². The van der Waals surface area contributed by atoms with Gasteiger partial charge in [0.25, 0.3) is 0 Å². The summed E-state index contributed by atoms with van der Waals surface area (Å²) in [4.78, 5) is 2.21. The topological polar surface area (TPSA) is 64.4 Å². The number of hydrogen-bond acceptors (Lipinski definition) is 4. The van der Waals surface area contributed by atoms with Gasteiger partial charge in [0.05, 0.1) is 6.07 Å². The maximum absolute atomic E-state index is 12.0. The van der Waals surface area contributed by atoms with Gasteiger partial charge in [0.2, 0.25) is 10.0 Å². The lowest BCUT2D eigenvalue weighted by Crippen LogP contribution is -2.50. The number of rotatable bonds is 4. The highest BCUT2D eigenvalue weighted by molar-refractivity contribution is 7.90. The lowest BCUT2D eigenvalue weighted by Gasteiger charge is -2.34. The normalized spacial score (nSPS) is 21.6. The predicted octanol–water partition coefficient (Wildman–Crippen LogP) is 0.256. The summed E-state index contributed by atoms with van der Waals surface area (Å²) in [5.41, 5.74) is 0. The van der Waals surface area contributed by atoms with Crippen molar-refractivity contribution in [2.24, 2.45) is 0 Å². The van der Waals surface area contributed by atoms with E-state index in [1.165, 1.54) is 4.31 Å². The first-order valence-corrected chi connectivity index (χ1v) is 7.17. The molecule has 0 aromatic rings. The van der Waals surface area contributed by atoms with Gasteiger partial charge in [-0.25, -0.2) is 8.42 Å². The van der Waals surface area contributed by atoms with Gasteiger partial charge < -0.3 is 4.90 Å². The Morgan fingerprint density at radius 2 is 1.81 bits per heavy atom. The molecule has 5 nitrogen and oxygen atoms in total. The summed E-state index contributed by atoms with van der Waals surface area (Å²) in [6.45, 7) is 7.28. The van der Waals surface area contributed by atoms with Crippen LogP contribution < -0.4 is 0 Å². The van der Waals surface area contributed by atoms with Crippen molar-refractivity contribution in [1.82, 2.24) is 9.21 Å². The highest BCUT2D eigenvalue weighted by Crippen LogP contribution is 2.14. The molecule has 1 unspecified atom stereocenters. The van der Waals surface area contributed by atoms with Gasteiger partial charge in [-0.1, -0.05) is 13.8 Å². The number of nitrogens with zero attached hydrogens (tertiary/aromatic N) is 3. The summed E-state index contributed by atoms with van der Waals surface area (Å²) >= 11 is 0. The van der Waals surface area contributed by atoms with Gasteiger partial charge in [-0.2, -0.15) is 9.57 Å². The highest BCUT2D eigenvalue weighted by Gasteiger charge is 2.32. The Labute approximate surface area is 97.7 Å². The molecule has 1 saturated heterocycles. The SMILES string of the molecule is CCC(C#N)S(=O)(=O)N1CCN(CC)CC1. The second-order valence-corrected chi connectivity index (χ2v) is 6.02. The highest BCUT2D eigenvalue weighted by atomic mass is 32.2. The van der Waals surface area contributed by atoms with Crippen LogP contribution in [-0.4, -0.2) is 55.6 Å². The van der Waals surface area contributed by atoms with Crippen molar-refractivity contribution < 1.29 is 8.42 Å². The van der Waals surface area contributed by atoms with E-state index in [1.54, 1.807) is 6.92 Å². The van der Waals surface area contributed by atoms with Gasteiger partial charge in [-0.3, -0.25) is 0 Å². The van der Waals surface area contributed by atoms with Crippen LogP contribution in [0.2, 0.25) is 0 Å². The second kappa shape index (κ2) is 5.62. The minimum Gasteiger partial charge on any atom is -0.301 e. The Morgan fingerprint density at radius 3 is 2.19 bits per heavy atom. The number of piperazine rings is 1. The molecular formula is C10H19N3O2S. The summed E-state index contributed by atoms with van der Waals surface area (Å²) < 4.78 is 25.5. The van der Waals surface area contributed by atoms with Crippen LogP contribution in [0, 0.1) is 11.3 Å². The average Bonchev–Trinajstić information content (AvgIpc) is 2.30. The lowest BCUT2D eigenvalue weighted by atomic mass is 10.4. The van der Waals surface area contributed by atoms with Gasteiger partial charge in [0, 0.05) is 26.2 Å². The molecule has 0 bridgehead atoms. The zero-order valence-electron chi connectivity index (χ0n) is 9.89. The van der Waals surface area contributed by atoms with Gasteiger partial charge in [0.1, 0.15) is 0 Å². The number of sulfonamides is 1. The molecule has 1 rings (SSSR count). The smallest absolute Gasteiger partial charge is 0.230 e. The van der Waals surface area contributed by atoms with E-state index < -0.39 is 15.3 Å². The number of nitriles is 1. The lowest BCUT2D eigenvalue weighted by molar-refractivity contribution is 0.196. The van der Waals surface area contributed by atoms with Crippen LogP contribution in [-0.2, 0) is 10.0 Å². The van der Waals surface area contributed by atoms with Crippen LogP contribution in [0.4, 0.5) is 0 Å². The van der Waals surface area contributed by atoms with E-state index >= 15 is 0 Å². The third kappa shape index (κ3) is 2.73. The Balaban J connectivity index is 2.69. The first-order chi connectivity index (χ1) is 7.56. The Hall–Kier alpha value is -0.640. The molecule has 16 heavy (non-hydrogen) atoms. The fourth-order valence-corrected chi connectivity index (χ4v) is 3.44.